The van der Waals surface area contributed by atoms with Gasteiger partial charge in [-0.25, -0.2) is 14.4 Å². The molecular formula is C19H25N3O7. The van der Waals surface area contributed by atoms with Crippen molar-refractivity contribution in [3.8, 4) is 0 Å². The summed E-state index contributed by atoms with van der Waals surface area (Å²) in [4.78, 5) is 59.4. The molecule has 1 aromatic rings. The highest BCUT2D eigenvalue weighted by Crippen LogP contribution is 2.08. The standard InChI is InChI=1S/C19H25N3O7/c1-10(2)15(22-16(24)12-7-5-4-6-8-12)19(27)29-18(26)13(21)9-14(23)28-17(25)11(3)20/h4-8,10-11,13,15H,9,20-21H2,1-3H3,(H,22,24)/t11-,13-,15-/m0/s1. The molecule has 0 aliphatic rings. The van der Waals surface area contributed by atoms with Crippen LogP contribution in [-0.4, -0.2) is 47.9 Å². The third kappa shape index (κ3) is 7.80. The lowest BCUT2D eigenvalue weighted by molar-refractivity contribution is -0.167. The van der Waals surface area contributed by atoms with Gasteiger partial charge in [-0.1, -0.05) is 32.0 Å². The van der Waals surface area contributed by atoms with Gasteiger partial charge in [-0.3, -0.25) is 9.59 Å². The largest absolute Gasteiger partial charge is 0.392 e. The van der Waals surface area contributed by atoms with Crippen molar-refractivity contribution >= 4 is 29.8 Å². The summed E-state index contributed by atoms with van der Waals surface area (Å²) in [5, 5.41) is 2.50. The number of nitrogens with two attached hydrogens (primary N) is 2. The summed E-state index contributed by atoms with van der Waals surface area (Å²) >= 11 is 0. The third-order valence-electron chi connectivity index (χ3n) is 3.72. The highest BCUT2D eigenvalue weighted by atomic mass is 16.6. The van der Waals surface area contributed by atoms with Crippen LogP contribution in [0.5, 0.6) is 0 Å². The number of amides is 1. The molecule has 0 unspecified atom stereocenters. The number of benzene rings is 1. The second kappa shape index (κ2) is 11.0. The van der Waals surface area contributed by atoms with E-state index in [1.165, 1.54) is 6.92 Å². The van der Waals surface area contributed by atoms with E-state index in [0.29, 0.717) is 5.56 Å². The predicted octanol–water partition coefficient (Wildman–Crippen LogP) is -0.355. The monoisotopic (exact) mass is 407 g/mol. The van der Waals surface area contributed by atoms with Crippen LogP contribution in [-0.2, 0) is 28.7 Å². The molecule has 0 heterocycles. The first-order valence-electron chi connectivity index (χ1n) is 8.90. The third-order valence-corrected chi connectivity index (χ3v) is 3.72. The predicted molar refractivity (Wildman–Crippen MR) is 101 cm³/mol. The van der Waals surface area contributed by atoms with Crippen LogP contribution in [0.15, 0.2) is 30.3 Å². The van der Waals surface area contributed by atoms with E-state index < -0.39 is 60.2 Å². The van der Waals surface area contributed by atoms with E-state index in [2.05, 4.69) is 10.1 Å². The molecule has 0 saturated carbocycles. The van der Waals surface area contributed by atoms with Crippen molar-refractivity contribution in [2.24, 2.45) is 17.4 Å². The molecule has 10 nitrogen and oxygen atoms in total. The maximum Gasteiger partial charge on any atom is 0.336 e. The second-order valence-corrected chi connectivity index (χ2v) is 6.69. The Bertz CT molecular complexity index is 762. The highest BCUT2D eigenvalue weighted by Gasteiger charge is 2.31. The van der Waals surface area contributed by atoms with Gasteiger partial charge in [0.15, 0.2) is 0 Å². The Kier molecular flexibility index (Phi) is 9.10. The maximum atomic E-state index is 12.3. The Balaban J connectivity index is 2.67. The van der Waals surface area contributed by atoms with Crippen molar-refractivity contribution in [1.82, 2.24) is 5.32 Å². The molecule has 0 aliphatic heterocycles. The van der Waals surface area contributed by atoms with Crippen LogP contribution in [0.25, 0.3) is 0 Å². The normalized spacial score (nSPS) is 13.7. The number of hydrogen-bond acceptors (Lipinski definition) is 9. The van der Waals surface area contributed by atoms with Gasteiger partial charge in [0.1, 0.15) is 18.1 Å². The molecule has 0 aromatic heterocycles. The minimum Gasteiger partial charge on any atom is -0.392 e. The molecule has 0 aliphatic carbocycles. The lowest BCUT2D eigenvalue weighted by atomic mass is 10.0. The number of rotatable bonds is 8. The lowest BCUT2D eigenvalue weighted by Gasteiger charge is -2.21. The highest BCUT2D eigenvalue weighted by molar-refractivity contribution is 5.99. The fraction of sp³-hybridized carbons (Fsp3) is 0.421. The molecule has 1 amide bonds. The van der Waals surface area contributed by atoms with Crippen LogP contribution < -0.4 is 16.8 Å². The molecule has 0 fully saturated rings. The van der Waals surface area contributed by atoms with Crippen molar-refractivity contribution < 1.29 is 33.4 Å². The number of nitrogens with one attached hydrogen (secondary N) is 1. The van der Waals surface area contributed by atoms with Crippen LogP contribution >= 0.6 is 0 Å². The zero-order valence-corrected chi connectivity index (χ0v) is 16.4. The van der Waals surface area contributed by atoms with Crippen LogP contribution in [0, 0.1) is 5.92 Å². The SMILES string of the molecule is CC(C)[C@H](NC(=O)c1ccccc1)C(=O)OC(=O)[C@@H](N)CC(=O)OC(=O)[C@H](C)N. The zero-order valence-electron chi connectivity index (χ0n) is 16.4. The molecule has 29 heavy (non-hydrogen) atoms. The number of hydrogen-bond donors (Lipinski definition) is 3. The maximum absolute atomic E-state index is 12.3. The minimum atomic E-state index is -1.54. The summed E-state index contributed by atoms with van der Waals surface area (Å²) in [7, 11) is 0. The van der Waals surface area contributed by atoms with Gasteiger partial charge in [0.2, 0.25) is 0 Å². The van der Waals surface area contributed by atoms with Gasteiger partial charge in [-0.05, 0) is 25.0 Å². The van der Waals surface area contributed by atoms with Crippen molar-refractivity contribution in [2.45, 2.75) is 45.3 Å². The van der Waals surface area contributed by atoms with E-state index in [1.807, 2.05) is 0 Å². The molecule has 10 heteroatoms. The summed E-state index contributed by atoms with van der Waals surface area (Å²) in [5.74, 6) is -5.19. The van der Waals surface area contributed by atoms with Gasteiger partial charge >= 0.3 is 23.9 Å². The Morgan fingerprint density at radius 2 is 1.48 bits per heavy atom. The van der Waals surface area contributed by atoms with Gasteiger partial charge in [-0.15, -0.1) is 0 Å². The Morgan fingerprint density at radius 1 is 0.897 bits per heavy atom. The molecule has 1 rings (SSSR count). The van der Waals surface area contributed by atoms with E-state index in [9.17, 15) is 24.0 Å². The van der Waals surface area contributed by atoms with Gasteiger partial charge in [0, 0.05) is 5.56 Å². The number of esters is 4. The Morgan fingerprint density at radius 3 is 2.00 bits per heavy atom. The van der Waals surface area contributed by atoms with E-state index in [-0.39, 0.29) is 0 Å². The Hall–Kier alpha value is -3.11. The Labute approximate surface area is 167 Å². The topological polar surface area (TPSA) is 168 Å². The van der Waals surface area contributed by atoms with Crippen molar-refractivity contribution in [1.29, 1.82) is 0 Å². The summed E-state index contributed by atoms with van der Waals surface area (Å²) in [6, 6.07) is 4.50. The summed E-state index contributed by atoms with van der Waals surface area (Å²) in [6.45, 7) is 4.62. The van der Waals surface area contributed by atoms with Crippen LogP contribution in [0.4, 0.5) is 0 Å². The van der Waals surface area contributed by atoms with Crippen molar-refractivity contribution in [2.75, 3.05) is 0 Å². The first kappa shape index (κ1) is 23.9. The molecule has 0 radical (unpaired) electrons. The molecule has 1 aromatic carbocycles. The number of carbonyl (C=O) groups excluding carboxylic acids is 5. The average Bonchev–Trinajstić information content (AvgIpc) is 2.65. The van der Waals surface area contributed by atoms with Crippen molar-refractivity contribution in [3.05, 3.63) is 35.9 Å². The molecule has 0 spiro atoms. The van der Waals surface area contributed by atoms with E-state index >= 15 is 0 Å². The quantitative estimate of drug-likeness (QED) is 0.385. The lowest BCUT2D eigenvalue weighted by Crippen LogP contribution is -2.47. The fourth-order valence-electron chi connectivity index (χ4n) is 2.06. The smallest absolute Gasteiger partial charge is 0.336 e. The average molecular weight is 407 g/mol. The minimum absolute atomic E-state index is 0.329. The molecule has 0 saturated heterocycles. The van der Waals surface area contributed by atoms with E-state index in [1.54, 1.807) is 44.2 Å². The molecule has 3 atom stereocenters. The van der Waals surface area contributed by atoms with E-state index in [0.717, 1.165) is 0 Å². The molecule has 0 bridgehead atoms. The molecule has 5 N–H and O–H groups in total. The van der Waals surface area contributed by atoms with E-state index in [4.69, 9.17) is 16.2 Å². The first-order chi connectivity index (χ1) is 13.5. The summed E-state index contributed by atoms with van der Waals surface area (Å²) in [6.07, 6.45) is -0.687. The molecular weight excluding hydrogens is 382 g/mol. The first-order valence-corrected chi connectivity index (χ1v) is 8.90. The van der Waals surface area contributed by atoms with Gasteiger partial charge in [0.25, 0.3) is 5.91 Å². The number of ether oxygens (including phenoxy) is 2. The van der Waals surface area contributed by atoms with Gasteiger partial charge in [-0.2, -0.15) is 0 Å². The number of carbonyl (C=O) groups is 5. The van der Waals surface area contributed by atoms with Crippen molar-refractivity contribution in [3.63, 3.8) is 0 Å². The van der Waals surface area contributed by atoms with Gasteiger partial charge in [0.05, 0.1) is 6.42 Å². The van der Waals surface area contributed by atoms with Crippen LogP contribution in [0.3, 0.4) is 0 Å². The van der Waals surface area contributed by atoms with Gasteiger partial charge < -0.3 is 26.3 Å². The summed E-state index contributed by atoms with van der Waals surface area (Å²) in [5.41, 5.74) is 11.1. The molecule has 158 valence electrons. The second-order valence-electron chi connectivity index (χ2n) is 6.69. The van der Waals surface area contributed by atoms with Crippen LogP contribution in [0.1, 0.15) is 37.6 Å². The fourth-order valence-corrected chi connectivity index (χ4v) is 2.06. The summed E-state index contributed by atoms with van der Waals surface area (Å²) < 4.78 is 9.08. The zero-order chi connectivity index (χ0) is 22.1. The van der Waals surface area contributed by atoms with Crippen LogP contribution in [0.2, 0.25) is 0 Å².